The van der Waals surface area contributed by atoms with E-state index in [-0.39, 0.29) is 0 Å². The van der Waals surface area contributed by atoms with Crippen LogP contribution in [-0.2, 0) is 6.61 Å². The molecular weight excluding hydrogens is 440 g/mol. The van der Waals surface area contributed by atoms with Gasteiger partial charge in [0.25, 0.3) is 0 Å². The molecule has 7 nitrogen and oxygen atoms in total. The Kier molecular flexibility index (Phi) is 6.39. The third kappa shape index (κ3) is 4.84. The summed E-state index contributed by atoms with van der Waals surface area (Å²) in [5.74, 6) is 2.62. The van der Waals surface area contributed by atoms with Crippen molar-refractivity contribution in [2.75, 3.05) is 14.2 Å². The van der Waals surface area contributed by atoms with Gasteiger partial charge >= 0.3 is 0 Å². The van der Waals surface area contributed by atoms with Crippen LogP contribution in [0.1, 0.15) is 22.3 Å². The minimum atomic E-state index is 0.447. The lowest BCUT2D eigenvalue weighted by atomic mass is 10.00. The number of amidine groups is 1. The van der Waals surface area contributed by atoms with Gasteiger partial charge in [-0.15, -0.1) is 0 Å². The van der Waals surface area contributed by atoms with E-state index in [0.717, 1.165) is 27.9 Å². The summed E-state index contributed by atoms with van der Waals surface area (Å²) in [6, 6.07) is 25.3. The second kappa shape index (κ2) is 10.1. The van der Waals surface area contributed by atoms with E-state index >= 15 is 0 Å². The highest BCUT2D eigenvalue weighted by Crippen LogP contribution is 2.33. The highest BCUT2D eigenvalue weighted by atomic mass is 16.5. The number of hydrazone groups is 1. The number of benzene rings is 3. The molecule has 0 amide bonds. The van der Waals surface area contributed by atoms with Crippen LogP contribution in [0.5, 0.6) is 17.2 Å². The molecule has 1 aromatic heterocycles. The quantitative estimate of drug-likeness (QED) is 0.411. The topological polar surface area (TPSA) is 77.3 Å². The van der Waals surface area contributed by atoms with Crippen LogP contribution >= 0.6 is 0 Å². The Morgan fingerprint density at radius 3 is 2.37 bits per heavy atom. The van der Waals surface area contributed by atoms with Gasteiger partial charge in [0.2, 0.25) is 0 Å². The first-order valence-corrected chi connectivity index (χ1v) is 11.1. The summed E-state index contributed by atoms with van der Waals surface area (Å²) in [7, 11) is 3.27. The first-order chi connectivity index (χ1) is 17.2. The lowest BCUT2D eigenvalue weighted by molar-refractivity contribution is 0.284. The molecule has 7 heteroatoms. The molecule has 0 saturated heterocycles. The van der Waals surface area contributed by atoms with Crippen LogP contribution < -0.4 is 19.6 Å². The first-order valence-electron chi connectivity index (χ1n) is 11.1. The molecule has 0 bridgehead atoms. The second-order valence-electron chi connectivity index (χ2n) is 7.79. The van der Waals surface area contributed by atoms with Crippen molar-refractivity contribution in [1.82, 2.24) is 10.4 Å². The van der Waals surface area contributed by atoms with E-state index in [0.29, 0.717) is 35.4 Å². The van der Waals surface area contributed by atoms with Gasteiger partial charge < -0.3 is 14.2 Å². The fourth-order valence-electron chi connectivity index (χ4n) is 3.77. The summed E-state index contributed by atoms with van der Waals surface area (Å²) < 4.78 is 17.2. The smallest absolute Gasteiger partial charge is 0.161 e. The summed E-state index contributed by atoms with van der Waals surface area (Å²) >= 11 is 0. The number of aromatic nitrogens is 1. The Morgan fingerprint density at radius 1 is 0.771 bits per heavy atom. The Labute approximate surface area is 203 Å². The monoisotopic (exact) mass is 464 g/mol. The summed E-state index contributed by atoms with van der Waals surface area (Å²) in [6.45, 7) is 0.447. The summed E-state index contributed by atoms with van der Waals surface area (Å²) in [5.41, 5.74) is 8.25. The van der Waals surface area contributed by atoms with Gasteiger partial charge in [-0.05, 0) is 54.1 Å². The van der Waals surface area contributed by atoms with Crippen LogP contribution in [0.4, 0.5) is 5.69 Å². The maximum Gasteiger partial charge on any atom is 0.161 e. The number of fused-ring (bicyclic) bond motifs is 1. The van der Waals surface area contributed by atoms with E-state index in [1.165, 1.54) is 0 Å². The molecule has 0 unspecified atom stereocenters. The van der Waals surface area contributed by atoms with Crippen LogP contribution in [0.25, 0.3) is 0 Å². The zero-order chi connectivity index (χ0) is 24.0. The normalized spacial score (nSPS) is 12.4. The molecule has 0 spiro atoms. The van der Waals surface area contributed by atoms with Crippen LogP contribution in [-0.4, -0.2) is 30.8 Å². The number of rotatable bonds is 7. The Balaban J connectivity index is 1.52. The molecule has 0 atom stereocenters. The van der Waals surface area contributed by atoms with Gasteiger partial charge in [-0.2, -0.15) is 5.10 Å². The van der Waals surface area contributed by atoms with Crippen molar-refractivity contribution in [3.8, 4) is 17.2 Å². The molecule has 2 heterocycles. The van der Waals surface area contributed by atoms with E-state index in [9.17, 15) is 0 Å². The predicted octanol–water partition coefficient (Wildman–Crippen LogP) is 5.11. The van der Waals surface area contributed by atoms with Crippen molar-refractivity contribution < 1.29 is 14.2 Å². The number of pyridine rings is 1. The Bertz CT molecular complexity index is 1390. The molecule has 3 aromatic carbocycles. The van der Waals surface area contributed by atoms with Crippen molar-refractivity contribution in [3.63, 3.8) is 0 Å². The van der Waals surface area contributed by atoms with Crippen LogP contribution in [0.3, 0.4) is 0 Å². The SMILES string of the molecule is COc1ccc2c(c1)C(c1ccc(OCc3ccccc3)c(OC)c1)=NNC(c1ccncc1)=N2. The van der Waals surface area contributed by atoms with E-state index in [1.54, 1.807) is 26.6 Å². The first kappa shape index (κ1) is 22.2. The Hall–Kier alpha value is -4.65. The molecule has 174 valence electrons. The number of methoxy groups -OCH3 is 2. The molecule has 0 radical (unpaired) electrons. The summed E-state index contributed by atoms with van der Waals surface area (Å²) in [5, 5.41) is 4.73. The summed E-state index contributed by atoms with van der Waals surface area (Å²) in [6.07, 6.45) is 3.45. The Morgan fingerprint density at radius 2 is 1.60 bits per heavy atom. The van der Waals surface area contributed by atoms with Crippen LogP contribution in [0.15, 0.2) is 101 Å². The number of ether oxygens (including phenoxy) is 3. The standard InChI is InChI=1S/C28H24N4O3/c1-33-22-9-10-24-23(17-22)27(31-32-28(30-24)20-12-14-29-15-13-20)21-8-11-25(26(16-21)34-2)35-18-19-6-4-3-5-7-19/h3-17H,18H2,1-2H3,(H,30,32). The highest BCUT2D eigenvalue weighted by molar-refractivity contribution is 6.18. The van der Waals surface area contributed by atoms with Gasteiger partial charge in [-0.1, -0.05) is 30.3 Å². The fourth-order valence-corrected chi connectivity index (χ4v) is 3.77. The summed E-state index contributed by atoms with van der Waals surface area (Å²) in [4.78, 5) is 8.93. The van der Waals surface area contributed by atoms with Crippen molar-refractivity contribution in [3.05, 3.63) is 114 Å². The zero-order valence-electron chi connectivity index (χ0n) is 19.4. The predicted molar refractivity (Wildman–Crippen MR) is 136 cm³/mol. The average Bonchev–Trinajstić information content (AvgIpc) is 3.12. The van der Waals surface area contributed by atoms with Gasteiger partial charge in [0.15, 0.2) is 17.3 Å². The molecule has 0 saturated carbocycles. The van der Waals surface area contributed by atoms with Gasteiger partial charge in [0.05, 0.1) is 19.9 Å². The number of hydrogen-bond donors (Lipinski definition) is 1. The van der Waals surface area contributed by atoms with E-state index in [2.05, 4.69) is 10.4 Å². The molecule has 1 aliphatic heterocycles. The maximum absolute atomic E-state index is 6.03. The van der Waals surface area contributed by atoms with Gasteiger partial charge in [0, 0.05) is 29.1 Å². The molecule has 0 fully saturated rings. The highest BCUT2D eigenvalue weighted by Gasteiger charge is 2.20. The minimum Gasteiger partial charge on any atom is -0.497 e. The number of nitrogens with one attached hydrogen (secondary N) is 1. The number of nitrogens with zero attached hydrogens (tertiary/aromatic N) is 3. The van der Waals surface area contributed by atoms with Crippen LogP contribution in [0, 0.1) is 0 Å². The molecule has 1 aliphatic rings. The minimum absolute atomic E-state index is 0.447. The third-order valence-electron chi connectivity index (χ3n) is 5.59. The second-order valence-corrected chi connectivity index (χ2v) is 7.79. The number of aliphatic imine (C=N–C) groups is 1. The van der Waals surface area contributed by atoms with Crippen molar-refractivity contribution in [2.24, 2.45) is 10.1 Å². The molecule has 4 aromatic rings. The van der Waals surface area contributed by atoms with Crippen LogP contribution in [0.2, 0.25) is 0 Å². The maximum atomic E-state index is 6.03. The molecule has 0 aliphatic carbocycles. The third-order valence-corrected chi connectivity index (χ3v) is 5.59. The van der Waals surface area contributed by atoms with Crippen molar-refractivity contribution in [2.45, 2.75) is 6.61 Å². The van der Waals surface area contributed by atoms with Gasteiger partial charge in [-0.3, -0.25) is 10.4 Å². The zero-order valence-corrected chi connectivity index (χ0v) is 19.4. The fraction of sp³-hybridized carbons (Fsp3) is 0.107. The van der Waals surface area contributed by atoms with E-state index in [4.69, 9.17) is 24.3 Å². The van der Waals surface area contributed by atoms with Crippen molar-refractivity contribution in [1.29, 1.82) is 0 Å². The van der Waals surface area contributed by atoms with E-state index in [1.807, 2.05) is 78.9 Å². The van der Waals surface area contributed by atoms with Gasteiger partial charge in [0.1, 0.15) is 18.1 Å². The average molecular weight is 465 g/mol. The lowest BCUT2D eigenvalue weighted by Crippen LogP contribution is -2.19. The molecule has 1 N–H and O–H groups in total. The molecule has 35 heavy (non-hydrogen) atoms. The largest absolute Gasteiger partial charge is 0.497 e. The van der Waals surface area contributed by atoms with E-state index < -0.39 is 0 Å². The molecule has 5 rings (SSSR count). The molecular formula is C28H24N4O3. The lowest BCUT2D eigenvalue weighted by Gasteiger charge is -2.14. The van der Waals surface area contributed by atoms with Gasteiger partial charge in [-0.25, -0.2) is 4.99 Å². The number of hydrogen-bond acceptors (Lipinski definition) is 7. The van der Waals surface area contributed by atoms with Crippen molar-refractivity contribution >= 4 is 17.2 Å².